The van der Waals surface area contributed by atoms with Crippen molar-refractivity contribution in [2.75, 3.05) is 28.4 Å². The fourth-order valence-corrected chi connectivity index (χ4v) is 4.85. The van der Waals surface area contributed by atoms with Crippen molar-refractivity contribution < 1.29 is 33.6 Å². The SMILES string of the molecule is COc1ccc(C(=O)/C(Cc2cc(OC)c(OC)c(OC)c2)=C(\C(=O)O)c2ccc3nsnc3c2)cc1Cl. The maximum Gasteiger partial charge on any atom is 0.336 e. The lowest BCUT2D eigenvalue weighted by Gasteiger charge is -2.17. The summed E-state index contributed by atoms with van der Waals surface area (Å²) in [5.41, 5.74) is 2.08. The Bertz CT molecular complexity index is 1540. The first-order valence-electron chi connectivity index (χ1n) is 11.2. The normalized spacial score (nSPS) is 11.6. The van der Waals surface area contributed by atoms with E-state index in [4.69, 9.17) is 30.5 Å². The Labute approximate surface area is 227 Å². The molecule has 1 heterocycles. The fourth-order valence-electron chi connectivity index (χ4n) is 4.07. The van der Waals surface area contributed by atoms with Crippen LogP contribution in [0.15, 0.2) is 54.1 Å². The number of ketones is 1. The summed E-state index contributed by atoms with van der Waals surface area (Å²) < 4.78 is 29.9. The molecule has 0 unspecified atom stereocenters. The number of carbonyl (C=O) groups excluding carboxylic acids is 1. The zero-order valence-electron chi connectivity index (χ0n) is 20.9. The van der Waals surface area contributed by atoms with Gasteiger partial charge in [-0.25, -0.2) is 4.79 Å². The van der Waals surface area contributed by atoms with Crippen LogP contribution in [0.25, 0.3) is 16.6 Å². The Morgan fingerprint density at radius 1 is 0.816 bits per heavy atom. The molecule has 1 N–H and O–H groups in total. The van der Waals surface area contributed by atoms with Crippen LogP contribution in [0, 0.1) is 0 Å². The van der Waals surface area contributed by atoms with Crippen LogP contribution >= 0.6 is 23.3 Å². The third-order valence-electron chi connectivity index (χ3n) is 5.85. The van der Waals surface area contributed by atoms with Crippen LogP contribution in [0.5, 0.6) is 23.0 Å². The minimum atomic E-state index is -1.28. The second-order valence-electron chi connectivity index (χ2n) is 8.02. The van der Waals surface area contributed by atoms with Gasteiger partial charge in [-0.3, -0.25) is 4.79 Å². The molecule has 0 spiro atoms. The van der Waals surface area contributed by atoms with Crippen molar-refractivity contribution in [2.24, 2.45) is 0 Å². The molecular formula is C27H23ClN2O7S. The van der Waals surface area contributed by atoms with Gasteiger partial charge in [-0.15, -0.1) is 0 Å². The third-order valence-corrected chi connectivity index (χ3v) is 6.70. The van der Waals surface area contributed by atoms with E-state index in [0.29, 0.717) is 45.2 Å². The summed E-state index contributed by atoms with van der Waals surface area (Å²) in [7, 11) is 5.89. The number of allylic oxidation sites excluding steroid dienone is 1. The molecule has 0 aliphatic carbocycles. The number of carboxylic acid groups (broad SMARTS) is 1. The van der Waals surface area contributed by atoms with Crippen LogP contribution in [-0.4, -0.2) is 54.0 Å². The van der Waals surface area contributed by atoms with Crippen LogP contribution in [0.2, 0.25) is 5.02 Å². The molecule has 196 valence electrons. The van der Waals surface area contributed by atoms with Gasteiger partial charge in [0.1, 0.15) is 16.8 Å². The van der Waals surface area contributed by atoms with Crippen molar-refractivity contribution in [3.8, 4) is 23.0 Å². The van der Waals surface area contributed by atoms with Crippen LogP contribution in [0.3, 0.4) is 0 Å². The number of aromatic nitrogens is 2. The Kier molecular flexibility index (Phi) is 8.13. The summed E-state index contributed by atoms with van der Waals surface area (Å²) in [6, 6.07) is 12.8. The fraction of sp³-hybridized carbons (Fsp3) is 0.185. The molecule has 1 aromatic heterocycles. The van der Waals surface area contributed by atoms with Gasteiger partial charge in [0, 0.05) is 17.6 Å². The molecule has 11 heteroatoms. The van der Waals surface area contributed by atoms with Gasteiger partial charge >= 0.3 is 5.97 Å². The smallest absolute Gasteiger partial charge is 0.336 e. The summed E-state index contributed by atoms with van der Waals surface area (Å²) in [5, 5.41) is 10.6. The van der Waals surface area contributed by atoms with Crippen molar-refractivity contribution in [1.82, 2.24) is 8.75 Å². The predicted molar refractivity (Wildman–Crippen MR) is 144 cm³/mol. The molecule has 0 aliphatic heterocycles. The van der Waals surface area contributed by atoms with Crippen LogP contribution in [0.4, 0.5) is 0 Å². The van der Waals surface area contributed by atoms with Crippen LogP contribution in [-0.2, 0) is 11.2 Å². The molecule has 0 bridgehead atoms. The number of aliphatic carboxylic acids is 1. The van der Waals surface area contributed by atoms with Crippen LogP contribution in [0.1, 0.15) is 21.5 Å². The molecule has 0 radical (unpaired) electrons. The van der Waals surface area contributed by atoms with Gasteiger partial charge in [0.05, 0.1) is 50.8 Å². The zero-order valence-corrected chi connectivity index (χ0v) is 22.5. The number of halogens is 1. The van der Waals surface area contributed by atoms with E-state index in [1.54, 1.807) is 36.4 Å². The highest BCUT2D eigenvalue weighted by Crippen LogP contribution is 2.39. The van der Waals surface area contributed by atoms with E-state index in [9.17, 15) is 14.7 Å². The Morgan fingerprint density at radius 3 is 2.03 bits per heavy atom. The van der Waals surface area contributed by atoms with Gasteiger partial charge < -0.3 is 24.1 Å². The Balaban J connectivity index is 1.95. The van der Waals surface area contributed by atoms with Crippen molar-refractivity contribution in [1.29, 1.82) is 0 Å². The lowest BCUT2D eigenvalue weighted by Crippen LogP contribution is -2.14. The van der Waals surface area contributed by atoms with E-state index in [-0.39, 0.29) is 28.2 Å². The molecule has 4 aromatic rings. The number of hydrogen-bond acceptors (Lipinski definition) is 9. The molecule has 0 fully saturated rings. The average Bonchev–Trinajstić information content (AvgIpc) is 3.39. The van der Waals surface area contributed by atoms with Gasteiger partial charge in [-0.05, 0) is 53.6 Å². The maximum atomic E-state index is 13.9. The zero-order chi connectivity index (χ0) is 27.4. The van der Waals surface area contributed by atoms with Gasteiger partial charge in [-0.2, -0.15) is 8.75 Å². The lowest BCUT2D eigenvalue weighted by molar-refractivity contribution is -0.130. The molecule has 9 nitrogen and oxygen atoms in total. The molecule has 0 amide bonds. The van der Waals surface area contributed by atoms with Crippen LogP contribution < -0.4 is 18.9 Å². The van der Waals surface area contributed by atoms with Crippen molar-refractivity contribution in [3.05, 3.63) is 75.8 Å². The van der Waals surface area contributed by atoms with Gasteiger partial charge in [0.2, 0.25) is 5.75 Å². The second-order valence-corrected chi connectivity index (χ2v) is 8.95. The molecule has 3 aromatic carbocycles. The average molecular weight is 555 g/mol. The van der Waals surface area contributed by atoms with E-state index in [1.165, 1.54) is 40.6 Å². The van der Waals surface area contributed by atoms with E-state index in [1.807, 2.05) is 0 Å². The highest BCUT2D eigenvalue weighted by Gasteiger charge is 2.26. The number of Topliss-reactive ketones (excluding diaryl/α,β-unsaturated/α-hetero) is 1. The van der Waals surface area contributed by atoms with E-state index in [2.05, 4.69) is 8.75 Å². The summed E-state index contributed by atoms with van der Waals surface area (Å²) in [5.74, 6) is -0.295. The Morgan fingerprint density at radius 2 is 1.45 bits per heavy atom. The first-order chi connectivity index (χ1) is 18.3. The number of methoxy groups -OCH3 is 4. The standard InChI is InChI=1S/C27H23ClN2O7S/c1-34-21-8-6-16(12-18(21)28)25(31)17(9-14-10-22(35-2)26(37-4)23(11-14)36-3)24(27(32)33)15-5-7-19-20(13-15)30-38-29-19/h5-8,10-13H,9H2,1-4H3,(H,32,33)/b24-17-. The molecule has 38 heavy (non-hydrogen) atoms. The van der Waals surface area contributed by atoms with Crippen molar-refractivity contribution in [3.63, 3.8) is 0 Å². The number of rotatable bonds is 10. The van der Waals surface area contributed by atoms with Crippen molar-refractivity contribution in [2.45, 2.75) is 6.42 Å². The molecule has 4 rings (SSSR count). The van der Waals surface area contributed by atoms with Gasteiger partial charge in [-0.1, -0.05) is 17.7 Å². The molecule has 0 saturated carbocycles. The summed E-state index contributed by atoms with van der Waals surface area (Å²) in [4.78, 5) is 26.6. The third kappa shape index (κ3) is 5.27. The minimum absolute atomic E-state index is 0.0237. The molecule has 0 saturated heterocycles. The summed E-state index contributed by atoms with van der Waals surface area (Å²) in [6.07, 6.45) is -0.0613. The largest absolute Gasteiger partial charge is 0.495 e. The summed E-state index contributed by atoms with van der Waals surface area (Å²) in [6.45, 7) is 0. The minimum Gasteiger partial charge on any atom is -0.495 e. The lowest BCUT2D eigenvalue weighted by atomic mass is 9.89. The molecular weight excluding hydrogens is 532 g/mol. The second kappa shape index (κ2) is 11.5. The highest BCUT2D eigenvalue weighted by molar-refractivity contribution is 7.00. The summed E-state index contributed by atoms with van der Waals surface area (Å²) >= 11 is 7.31. The predicted octanol–water partition coefficient (Wildman–Crippen LogP) is 5.34. The topological polar surface area (TPSA) is 117 Å². The van der Waals surface area contributed by atoms with E-state index in [0.717, 1.165) is 11.7 Å². The first kappa shape index (κ1) is 26.9. The van der Waals surface area contributed by atoms with E-state index < -0.39 is 11.8 Å². The number of fused-ring (bicyclic) bond motifs is 1. The van der Waals surface area contributed by atoms with E-state index >= 15 is 0 Å². The number of carboxylic acids is 1. The number of nitrogens with zero attached hydrogens (tertiary/aromatic N) is 2. The maximum absolute atomic E-state index is 13.9. The van der Waals surface area contributed by atoms with Gasteiger partial charge in [0.15, 0.2) is 17.3 Å². The quantitative estimate of drug-likeness (QED) is 0.205. The number of benzene rings is 3. The first-order valence-corrected chi connectivity index (χ1v) is 12.3. The van der Waals surface area contributed by atoms with Gasteiger partial charge in [0.25, 0.3) is 0 Å². The Hall–Kier alpha value is -4.15. The number of hydrogen-bond donors (Lipinski definition) is 1. The molecule has 0 aliphatic rings. The van der Waals surface area contributed by atoms with Crippen molar-refractivity contribution >= 4 is 51.7 Å². The molecule has 0 atom stereocenters. The highest BCUT2D eigenvalue weighted by atomic mass is 35.5. The monoisotopic (exact) mass is 554 g/mol. The number of ether oxygens (including phenoxy) is 4. The number of carbonyl (C=O) groups is 2.